The molecule has 3 nitrogen and oxygen atoms in total. The van der Waals surface area contributed by atoms with Crippen molar-refractivity contribution in [2.75, 3.05) is 18.1 Å². The lowest BCUT2D eigenvalue weighted by atomic mass is 10.3. The van der Waals surface area contributed by atoms with E-state index in [1.165, 1.54) is 0 Å². The predicted octanol–water partition coefficient (Wildman–Crippen LogP) is 0.906. The molecule has 1 amide bonds. The zero-order valence-electron chi connectivity index (χ0n) is 8.54. The molecular weight excluding hydrogens is 184 g/mol. The van der Waals surface area contributed by atoms with Crippen LogP contribution in [0.5, 0.6) is 0 Å². The van der Waals surface area contributed by atoms with Gasteiger partial charge in [0.25, 0.3) is 0 Å². The molecule has 0 radical (unpaired) electrons. The fraction of sp³-hybridized carbons (Fsp3) is 0.889. The molecule has 0 aromatic heterocycles. The lowest BCUT2D eigenvalue weighted by Crippen LogP contribution is -2.42. The largest absolute Gasteiger partial charge is 0.323 e. The maximum atomic E-state index is 11.4. The summed E-state index contributed by atoms with van der Waals surface area (Å²) in [6, 6.07) is 0.349. The predicted molar refractivity (Wildman–Crippen MR) is 56.8 cm³/mol. The Morgan fingerprint density at radius 1 is 1.77 bits per heavy atom. The smallest absolute Gasteiger partial charge is 0.238 e. The molecule has 0 bridgehead atoms. The van der Waals surface area contributed by atoms with Gasteiger partial charge >= 0.3 is 0 Å². The summed E-state index contributed by atoms with van der Waals surface area (Å²) >= 11 is 1.89. The molecular formula is C9H18N2OS. The third-order valence-corrected chi connectivity index (χ3v) is 3.42. The normalized spacial score (nSPS) is 25.3. The molecule has 13 heavy (non-hydrogen) atoms. The van der Waals surface area contributed by atoms with E-state index in [4.69, 9.17) is 0 Å². The van der Waals surface area contributed by atoms with Gasteiger partial charge in [-0.3, -0.25) is 10.1 Å². The van der Waals surface area contributed by atoms with Crippen LogP contribution in [0.4, 0.5) is 0 Å². The van der Waals surface area contributed by atoms with Gasteiger partial charge in [-0.1, -0.05) is 6.92 Å². The molecule has 4 heteroatoms. The van der Waals surface area contributed by atoms with Crippen molar-refractivity contribution in [1.29, 1.82) is 0 Å². The lowest BCUT2D eigenvalue weighted by molar-refractivity contribution is -0.129. The third-order valence-electron chi connectivity index (χ3n) is 2.29. The first kappa shape index (κ1) is 10.9. The van der Waals surface area contributed by atoms with Crippen LogP contribution in [-0.4, -0.2) is 41.1 Å². The highest BCUT2D eigenvalue weighted by Crippen LogP contribution is 2.13. The minimum absolute atomic E-state index is 0.208. The number of nitrogens with one attached hydrogen (secondary N) is 1. The van der Waals surface area contributed by atoms with Crippen LogP contribution in [0.15, 0.2) is 0 Å². The first-order chi connectivity index (χ1) is 6.16. The average Bonchev–Trinajstić information content (AvgIpc) is 2.42. The van der Waals surface area contributed by atoms with Crippen molar-refractivity contribution >= 4 is 17.7 Å². The van der Waals surface area contributed by atoms with Crippen LogP contribution in [0.3, 0.4) is 0 Å². The van der Waals surface area contributed by atoms with Gasteiger partial charge in [-0.2, -0.15) is 11.8 Å². The second-order valence-corrected chi connectivity index (χ2v) is 4.69. The molecule has 1 heterocycles. The average molecular weight is 202 g/mol. The zero-order chi connectivity index (χ0) is 9.84. The summed E-state index contributed by atoms with van der Waals surface area (Å²) in [7, 11) is 0. The number of hydrogen-bond donors (Lipinski definition) is 1. The summed E-state index contributed by atoms with van der Waals surface area (Å²) in [5.41, 5.74) is 0. The first-order valence-electron chi connectivity index (χ1n) is 4.79. The molecule has 0 aliphatic carbocycles. The molecule has 0 spiro atoms. The van der Waals surface area contributed by atoms with Crippen LogP contribution in [0, 0.1) is 0 Å². The summed E-state index contributed by atoms with van der Waals surface area (Å²) in [4.78, 5) is 13.4. The van der Waals surface area contributed by atoms with Gasteiger partial charge in [0.05, 0.1) is 12.7 Å². The van der Waals surface area contributed by atoms with Crippen molar-refractivity contribution in [1.82, 2.24) is 10.2 Å². The molecule has 1 rings (SSSR count). The fourth-order valence-electron chi connectivity index (χ4n) is 1.64. The van der Waals surface area contributed by atoms with Crippen molar-refractivity contribution < 1.29 is 4.79 Å². The molecule has 76 valence electrons. The van der Waals surface area contributed by atoms with Crippen molar-refractivity contribution in [3.8, 4) is 0 Å². The van der Waals surface area contributed by atoms with Gasteiger partial charge in [-0.25, -0.2) is 0 Å². The van der Waals surface area contributed by atoms with Gasteiger partial charge in [0.2, 0.25) is 5.91 Å². The maximum Gasteiger partial charge on any atom is 0.238 e. The summed E-state index contributed by atoms with van der Waals surface area (Å²) in [5, 5.41) is 3.14. The number of amides is 1. The molecule has 0 aromatic rings. The maximum absolute atomic E-state index is 11.4. The van der Waals surface area contributed by atoms with Crippen LogP contribution < -0.4 is 5.32 Å². The van der Waals surface area contributed by atoms with E-state index in [-0.39, 0.29) is 12.1 Å². The molecule has 2 atom stereocenters. The molecule has 1 saturated heterocycles. The van der Waals surface area contributed by atoms with Crippen LogP contribution in [0.2, 0.25) is 0 Å². The monoisotopic (exact) mass is 202 g/mol. The number of carbonyl (C=O) groups is 1. The third kappa shape index (κ3) is 2.61. The lowest BCUT2D eigenvalue weighted by Gasteiger charge is -2.27. The molecule has 1 aliphatic rings. The van der Waals surface area contributed by atoms with E-state index in [1.54, 1.807) is 0 Å². The molecule has 0 saturated carbocycles. The minimum atomic E-state index is 0.208. The van der Waals surface area contributed by atoms with E-state index in [2.05, 4.69) is 19.2 Å². The van der Waals surface area contributed by atoms with E-state index in [1.807, 2.05) is 23.6 Å². The van der Waals surface area contributed by atoms with E-state index in [0.717, 1.165) is 11.5 Å². The molecule has 1 aliphatic heterocycles. The topological polar surface area (TPSA) is 32.3 Å². The summed E-state index contributed by atoms with van der Waals surface area (Å²) in [6.45, 7) is 6.80. The molecule has 1 N–H and O–H groups in total. The quantitative estimate of drug-likeness (QED) is 0.735. The van der Waals surface area contributed by atoms with E-state index >= 15 is 0 Å². The van der Waals surface area contributed by atoms with Gasteiger partial charge in [-0.05, 0) is 19.6 Å². The van der Waals surface area contributed by atoms with Gasteiger partial charge in [0.15, 0.2) is 0 Å². The Morgan fingerprint density at radius 2 is 2.46 bits per heavy atom. The first-order valence-corrected chi connectivity index (χ1v) is 5.94. The number of thioether (sulfide) groups is 1. The van der Waals surface area contributed by atoms with E-state index < -0.39 is 0 Å². The summed E-state index contributed by atoms with van der Waals surface area (Å²) in [5.74, 6) is 2.39. The molecule has 1 fully saturated rings. The Kier molecular flexibility index (Phi) is 4.06. The van der Waals surface area contributed by atoms with Gasteiger partial charge in [0, 0.05) is 11.8 Å². The number of carbonyl (C=O) groups excluding carboxylic acids is 1. The van der Waals surface area contributed by atoms with Gasteiger partial charge in [-0.15, -0.1) is 0 Å². The van der Waals surface area contributed by atoms with Crippen LogP contribution >= 0.6 is 11.8 Å². The second kappa shape index (κ2) is 4.86. The second-order valence-electron chi connectivity index (χ2n) is 3.37. The van der Waals surface area contributed by atoms with E-state index in [9.17, 15) is 4.79 Å². The Labute approximate surface area is 84.2 Å². The van der Waals surface area contributed by atoms with Crippen LogP contribution in [0.25, 0.3) is 0 Å². The highest BCUT2D eigenvalue weighted by molar-refractivity contribution is 7.99. The number of hydrogen-bond acceptors (Lipinski definition) is 3. The number of rotatable bonds is 4. The SMILES string of the molecule is CCSCC(C)N1C(=O)CNC1C. The summed E-state index contributed by atoms with van der Waals surface area (Å²) < 4.78 is 0. The standard InChI is InChI=1S/C9H18N2OS/c1-4-13-6-7(2)11-8(3)10-5-9(11)12/h7-8,10H,4-6H2,1-3H3. The van der Waals surface area contributed by atoms with Gasteiger partial charge < -0.3 is 4.90 Å². The van der Waals surface area contributed by atoms with Crippen molar-refractivity contribution in [3.05, 3.63) is 0 Å². The van der Waals surface area contributed by atoms with Crippen LogP contribution in [-0.2, 0) is 4.79 Å². The number of nitrogens with zero attached hydrogens (tertiary/aromatic N) is 1. The fourth-order valence-corrected chi connectivity index (χ4v) is 2.37. The highest BCUT2D eigenvalue weighted by atomic mass is 32.2. The minimum Gasteiger partial charge on any atom is -0.323 e. The van der Waals surface area contributed by atoms with E-state index in [0.29, 0.717) is 12.6 Å². The summed E-state index contributed by atoms with van der Waals surface area (Å²) in [6.07, 6.45) is 0.208. The molecule has 0 aromatic carbocycles. The molecule has 2 unspecified atom stereocenters. The Hall–Kier alpha value is -0.220. The zero-order valence-corrected chi connectivity index (χ0v) is 9.36. The Morgan fingerprint density at radius 3 is 2.92 bits per heavy atom. The van der Waals surface area contributed by atoms with Crippen LogP contribution in [0.1, 0.15) is 20.8 Å². The highest BCUT2D eigenvalue weighted by Gasteiger charge is 2.30. The Balaban J connectivity index is 2.44. The Bertz CT molecular complexity index is 186. The van der Waals surface area contributed by atoms with Crippen molar-refractivity contribution in [3.63, 3.8) is 0 Å². The van der Waals surface area contributed by atoms with Gasteiger partial charge in [0.1, 0.15) is 0 Å². The van der Waals surface area contributed by atoms with Crippen molar-refractivity contribution in [2.24, 2.45) is 0 Å². The van der Waals surface area contributed by atoms with Crippen molar-refractivity contribution in [2.45, 2.75) is 33.0 Å².